The van der Waals surface area contributed by atoms with Crippen molar-refractivity contribution < 1.29 is 0 Å². The lowest BCUT2D eigenvalue weighted by atomic mass is 10.1. The molecule has 0 radical (unpaired) electrons. The predicted octanol–water partition coefficient (Wildman–Crippen LogP) is 2.83. The summed E-state index contributed by atoms with van der Waals surface area (Å²) in [6.07, 6.45) is 3.23. The van der Waals surface area contributed by atoms with Crippen molar-refractivity contribution >= 4 is 33.4 Å². The minimum atomic E-state index is 0.483. The molecular weight excluding hydrogens is 210 g/mol. The molecule has 0 aliphatic heterocycles. The Hall–Kier alpha value is -1.74. The Morgan fingerprint density at radius 1 is 1.00 bits per heavy atom. The molecule has 0 N–H and O–H groups in total. The average molecular weight is 216 g/mol. The Kier molecular flexibility index (Phi) is 1.79. The van der Waals surface area contributed by atoms with Crippen LogP contribution in [0.1, 0.15) is 0 Å². The summed E-state index contributed by atoms with van der Waals surface area (Å²) in [5.41, 5.74) is 0.633. The standard InChI is InChI=1S/C11H6ClN3/c12-10-8-4-2-1-3-7(8)9-5-13-6-14-11(9)15-10/h1-6H. The van der Waals surface area contributed by atoms with Gasteiger partial charge in [0.25, 0.3) is 0 Å². The van der Waals surface area contributed by atoms with Crippen LogP contribution in [0.15, 0.2) is 36.8 Å². The molecule has 1 aromatic carbocycles. The van der Waals surface area contributed by atoms with E-state index in [0.717, 1.165) is 16.2 Å². The van der Waals surface area contributed by atoms with Gasteiger partial charge in [0, 0.05) is 17.0 Å². The first-order valence-corrected chi connectivity index (χ1v) is 4.88. The normalized spacial score (nSPS) is 11.0. The topological polar surface area (TPSA) is 38.7 Å². The van der Waals surface area contributed by atoms with E-state index in [-0.39, 0.29) is 0 Å². The third kappa shape index (κ3) is 1.24. The Labute approximate surface area is 90.8 Å². The molecule has 0 amide bonds. The van der Waals surface area contributed by atoms with Gasteiger partial charge in [-0.25, -0.2) is 15.0 Å². The summed E-state index contributed by atoms with van der Waals surface area (Å²) in [7, 11) is 0. The molecule has 0 saturated carbocycles. The van der Waals surface area contributed by atoms with Gasteiger partial charge in [0.1, 0.15) is 11.5 Å². The Balaban J connectivity index is 2.64. The fraction of sp³-hybridized carbons (Fsp3) is 0. The van der Waals surface area contributed by atoms with Gasteiger partial charge in [-0.05, 0) is 5.39 Å². The monoisotopic (exact) mass is 215 g/mol. The van der Waals surface area contributed by atoms with Crippen LogP contribution in [-0.4, -0.2) is 15.0 Å². The summed E-state index contributed by atoms with van der Waals surface area (Å²) < 4.78 is 0. The molecule has 3 nitrogen and oxygen atoms in total. The largest absolute Gasteiger partial charge is 0.244 e. The fourth-order valence-electron chi connectivity index (χ4n) is 1.65. The smallest absolute Gasteiger partial charge is 0.164 e. The first-order chi connectivity index (χ1) is 7.36. The van der Waals surface area contributed by atoms with E-state index in [0.29, 0.717) is 10.8 Å². The molecule has 2 heterocycles. The van der Waals surface area contributed by atoms with E-state index in [1.807, 2.05) is 24.3 Å². The average Bonchev–Trinajstić information content (AvgIpc) is 2.30. The SMILES string of the molecule is Clc1nc2ncncc2c2ccccc12. The number of pyridine rings is 1. The molecule has 0 spiro atoms. The number of fused-ring (bicyclic) bond motifs is 3. The fourth-order valence-corrected chi connectivity index (χ4v) is 1.90. The molecule has 2 aromatic heterocycles. The van der Waals surface area contributed by atoms with Crippen LogP contribution < -0.4 is 0 Å². The van der Waals surface area contributed by atoms with Crippen LogP contribution >= 0.6 is 11.6 Å². The Bertz CT molecular complexity index is 651. The van der Waals surface area contributed by atoms with Crippen molar-refractivity contribution in [1.82, 2.24) is 15.0 Å². The second kappa shape index (κ2) is 3.14. The molecule has 0 aliphatic rings. The van der Waals surface area contributed by atoms with E-state index in [1.165, 1.54) is 6.33 Å². The zero-order chi connectivity index (χ0) is 10.3. The molecule has 0 aliphatic carbocycles. The Morgan fingerprint density at radius 2 is 1.80 bits per heavy atom. The predicted molar refractivity (Wildman–Crippen MR) is 59.8 cm³/mol. The molecule has 3 aromatic rings. The van der Waals surface area contributed by atoms with Gasteiger partial charge < -0.3 is 0 Å². The first kappa shape index (κ1) is 8.56. The van der Waals surface area contributed by atoms with Crippen LogP contribution in [0.3, 0.4) is 0 Å². The zero-order valence-electron chi connectivity index (χ0n) is 7.68. The van der Waals surface area contributed by atoms with Gasteiger partial charge in [0.15, 0.2) is 5.65 Å². The number of benzene rings is 1. The van der Waals surface area contributed by atoms with Crippen LogP contribution in [-0.2, 0) is 0 Å². The maximum absolute atomic E-state index is 6.06. The van der Waals surface area contributed by atoms with Crippen molar-refractivity contribution in [1.29, 1.82) is 0 Å². The molecule has 15 heavy (non-hydrogen) atoms. The lowest BCUT2D eigenvalue weighted by Crippen LogP contribution is -1.88. The van der Waals surface area contributed by atoms with Crippen molar-refractivity contribution in [2.45, 2.75) is 0 Å². The highest BCUT2D eigenvalue weighted by atomic mass is 35.5. The molecule has 0 bridgehead atoms. The number of aromatic nitrogens is 3. The minimum Gasteiger partial charge on any atom is -0.244 e. The molecule has 0 saturated heterocycles. The lowest BCUT2D eigenvalue weighted by Gasteiger charge is -2.02. The van der Waals surface area contributed by atoms with Crippen molar-refractivity contribution in [3.05, 3.63) is 41.9 Å². The van der Waals surface area contributed by atoms with Gasteiger partial charge in [-0.15, -0.1) is 0 Å². The number of hydrogen-bond donors (Lipinski definition) is 0. The van der Waals surface area contributed by atoms with Crippen LogP contribution in [0.4, 0.5) is 0 Å². The molecular formula is C11H6ClN3. The summed E-state index contributed by atoms with van der Waals surface area (Å²) in [6.45, 7) is 0. The molecule has 0 fully saturated rings. The van der Waals surface area contributed by atoms with Crippen LogP contribution in [0, 0.1) is 0 Å². The number of halogens is 1. The van der Waals surface area contributed by atoms with Gasteiger partial charge >= 0.3 is 0 Å². The van der Waals surface area contributed by atoms with Crippen molar-refractivity contribution in [2.24, 2.45) is 0 Å². The second-order valence-electron chi connectivity index (χ2n) is 3.21. The van der Waals surface area contributed by atoms with Crippen molar-refractivity contribution in [3.8, 4) is 0 Å². The summed E-state index contributed by atoms with van der Waals surface area (Å²) >= 11 is 6.06. The molecule has 0 unspecified atom stereocenters. The van der Waals surface area contributed by atoms with Gasteiger partial charge in [0.2, 0.25) is 0 Å². The summed E-state index contributed by atoms with van der Waals surface area (Å²) in [5, 5.41) is 3.38. The second-order valence-corrected chi connectivity index (χ2v) is 3.57. The van der Waals surface area contributed by atoms with Gasteiger partial charge in [-0.3, -0.25) is 0 Å². The molecule has 4 heteroatoms. The minimum absolute atomic E-state index is 0.483. The van der Waals surface area contributed by atoms with E-state index in [1.54, 1.807) is 6.20 Å². The van der Waals surface area contributed by atoms with Crippen LogP contribution in [0.5, 0.6) is 0 Å². The highest BCUT2D eigenvalue weighted by Gasteiger charge is 2.06. The van der Waals surface area contributed by atoms with Crippen molar-refractivity contribution in [2.75, 3.05) is 0 Å². The number of hydrogen-bond acceptors (Lipinski definition) is 3. The zero-order valence-corrected chi connectivity index (χ0v) is 8.44. The number of nitrogens with zero attached hydrogens (tertiary/aromatic N) is 3. The number of rotatable bonds is 0. The van der Waals surface area contributed by atoms with Crippen molar-refractivity contribution in [3.63, 3.8) is 0 Å². The highest BCUT2D eigenvalue weighted by Crippen LogP contribution is 2.26. The Morgan fingerprint density at radius 3 is 2.67 bits per heavy atom. The summed E-state index contributed by atoms with van der Waals surface area (Å²) in [5.74, 6) is 0. The molecule has 0 atom stereocenters. The van der Waals surface area contributed by atoms with E-state index >= 15 is 0 Å². The third-order valence-electron chi connectivity index (χ3n) is 2.33. The summed E-state index contributed by atoms with van der Waals surface area (Å²) in [4.78, 5) is 12.3. The maximum atomic E-state index is 6.06. The van der Waals surface area contributed by atoms with E-state index in [9.17, 15) is 0 Å². The quantitative estimate of drug-likeness (QED) is 0.428. The first-order valence-electron chi connectivity index (χ1n) is 4.50. The van der Waals surface area contributed by atoms with E-state index < -0.39 is 0 Å². The van der Waals surface area contributed by atoms with Crippen LogP contribution in [0.25, 0.3) is 21.8 Å². The van der Waals surface area contributed by atoms with Gasteiger partial charge in [0.05, 0.1) is 0 Å². The van der Waals surface area contributed by atoms with Gasteiger partial charge in [-0.1, -0.05) is 35.9 Å². The molecule has 3 rings (SSSR count). The van der Waals surface area contributed by atoms with E-state index in [2.05, 4.69) is 15.0 Å². The maximum Gasteiger partial charge on any atom is 0.164 e. The highest BCUT2D eigenvalue weighted by molar-refractivity contribution is 6.35. The molecule has 72 valence electrons. The third-order valence-corrected chi connectivity index (χ3v) is 2.62. The van der Waals surface area contributed by atoms with Gasteiger partial charge in [-0.2, -0.15) is 0 Å². The van der Waals surface area contributed by atoms with Crippen LogP contribution in [0.2, 0.25) is 5.15 Å². The lowest BCUT2D eigenvalue weighted by molar-refractivity contribution is 1.19. The van der Waals surface area contributed by atoms with E-state index in [4.69, 9.17) is 11.6 Å². The summed E-state index contributed by atoms with van der Waals surface area (Å²) in [6, 6.07) is 7.84.